The van der Waals surface area contributed by atoms with Crippen LogP contribution in [0, 0.1) is 6.85 Å². The highest BCUT2D eigenvalue weighted by molar-refractivity contribution is 6.09. The maximum atomic E-state index is 9.01. The summed E-state index contributed by atoms with van der Waals surface area (Å²) in [7, 11) is 0. The molecule has 10 aromatic rings. The average molecular weight is 948 g/mol. The fourth-order valence-corrected chi connectivity index (χ4v) is 9.97. The van der Waals surface area contributed by atoms with Crippen LogP contribution < -0.4 is 14.5 Å². The van der Waals surface area contributed by atoms with Crippen LogP contribution in [0.2, 0.25) is 0 Å². The summed E-state index contributed by atoms with van der Waals surface area (Å²) in [5, 5.41) is 0.840. The van der Waals surface area contributed by atoms with Crippen LogP contribution in [0.25, 0.3) is 61.0 Å². The molecule has 0 atom stereocenters. The van der Waals surface area contributed by atoms with Crippen molar-refractivity contribution in [1.29, 1.82) is 0 Å². The third kappa shape index (κ3) is 8.72. The number of ether oxygens (including phenoxy) is 1. The first-order chi connectivity index (χ1) is 37.3. The zero-order valence-electron chi connectivity index (χ0n) is 49.6. The van der Waals surface area contributed by atoms with Gasteiger partial charge in [0.1, 0.15) is 24.0 Å². The van der Waals surface area contributed by atoms with Crippen LogP contribution in [0.15, 0.2) is 194 Å². The van der Waals surface area contributed by atoms with Gasteiger partial charge in [-0.1, -0.05) is 184 Å². The van der Waals surface area contributed by atoms with Crippen molar-refractivity contribution in [3.8, 4) is 50.7 Å². The van der Waals surface area contributed by atoms with Gasteiger partial charge in [-0.15, -0.1) is 0 Å². The van der Waals surface area contributed by atoms with Crippen LogP contribution in [-0.4, -0.2) is 16.2 Å². The Morgan fingerprint density at radius 2 is 1.11 bits per heavy atom. The van der Waals surface area contributed by atoms with E-state index in [1.165, 1.54) is 46.1 Å². The predicted octanol–water partition coefficient (Wildman–Crippen LogP) is 18.4. The first kappa shape index (κ1) is 38.8. The average Bonchev–Trinajstić information content (AvgIpc) is 4.09. The Hall–Kier alpha value is -7.89. The lowest BCUT2D eigenvalue weighted by molar-refractivity contribution is 0.483. The Kier molecular flexibility index (Phi) is 9.57. The highest BCUT2D eigenvalue weighted by atomic mass is 16.5. The van der Waals surface area contributed by atoms with Crippen LogP contribution in [-0.2, 0) is 16.2 Å². The van der Waals surface area contributed by atoms with Crippen molar-refractivity contribution in [3.63, 3.8) is 0 Å². The number of hydrogen-bond donors (Lipinski definition) is 0. The summed E-state index contributed by atoms with van der Waals surface area (Å²) in [6.45, 7) is 18.5. The third-order valence-corrected chi connectivity index (χ3v) is 14.0. The molecule has 0 spiro atoms. The summed E-state index contributed by atoms with van der Waals surface area (Å²) in [5.41, 5.74) is 15.5. The summed E-state index contributed by atoms with van der Waals surface area (Å²) < 4.78 is 67.7. The van der Waals surface area contributed by atoms with Crippen molar-refractivity contribution in [2.75, 3.05) is 16.5 Å². The van der Waals surface area contributed by atoms with Crippen LogP contribution >= 0.6 is 0 Å². The van der Waals surface area contributed by atoms with Crippen LogP contribution in [0.5, 0.6) is 11.5 Å². The van der Waals surface area contributed by atoms with Gasteiger partial charge in [0.25, 0.3) is 0 Å². The highest BCUT2D eigenvalue weighted by Crippen LogP contribution is 2.51. The van der Waals surface area contributed by atoms with E-state index in [1.54, 1.807) is 22.8 Å². The quantitative estimate of drug-likeness (QED) is 0.152. The number of aryl methyl sites for hydroxylation is 1. The number of nitrogens with zero attached hydrogens (tertiary/aromatic N) is 4. The minimum Gasteiger partial charge on any atom is -0.457 e. The molecular weight excluding hydrogens is 877 g/mol. The summed E-state index contributed by atoms with van der Waals surface area (Å²) in [6.07, 6.45) is 1.40. The highest BCUT2D eigenvalue weighted by Gasteiger charge is 2.32. The van der Waals surface area contributed by atoms with Crippen LogP contribution in [0.4, 0.5) is 22.7 Å². The minimum atomic E-state index is -2.43. The second-order valence-corrected chi connectivity index (χ2v) is 22.1. The summed E-state index contributed by atoms with van der Waals surface area (Å²) in [6, 6.07) is 55.2. The summed E-state index contributed by atoms with van der Waals surface area (Å²) in [4.78, 5) is 9.26. The van der Waals surface area contributed by atoms with E-state index in [2.05, 4.69) is 192 Å². The normalized spacial score (nSPS) is 14.6. The number of pyridine rings is 1. The van der Waals surface area contributed by atoms with Gasteiger partial charge in [0.2, 0.25) is 0 Å². The molecule has 11 rings (SSSR count). The number of benzene rings is 8. The van der Waals surface area contributed by atoms with Crippen molar-refractivity contribution in [1.82, 2.24) is 9.55 Å². The van der Waals surface area contributed by atoms with Gasteiger partial charge >= 0.3 is 0 Å². The lowest BCUT2D eigenvalue weighted by atomic mass is 9.79. The van der Waals surface area contributed by atoms with Crippen molar-refractivity contribution in [2.24, 2.45) is 0 Å². The molecule has 5 heteroatoms. The molecule has 0 saturated carbocycles. The van der Waals surface area contributed by atoms with Gasteiger partial charge in [-0.2, -0.15) is 0 Å². The molecule has 1 aliphatic rings. The van der Waals surface area contributed by atoms with Crippen LogP contribution in [0.1, 0.15) is 94.2 Å². The maximum Gasteiger partial charge on any atom is 0.137 e. The Morgan fingerprint density at radius 1 is 0.500 bits per heavy atom. The number of para-hydroxylation sites is 4. The molecule has 358 valence electrons. The van der Waals surface area contributed by atoms with Gasteiger partial charge in [0.15, 0.2) is 0 Å². The molecule has 0 N–H and O–H groups in total. The van der Waals surface area contributed by atoms with Gasteiger partial charge in [-0.05, 0) is 122 Å². The van der Waals surface area contributed by atoms with Crippen molar-refractivity contribution < 1.29 is 14.3 Å². The fraction of sp³-hybridized carbons (Fsp3) is 0.209. The fourth-order valence-electron chi connectivity index (χ4n) is 9.97. The van der Waals surface area contributed by atoms with E-state index in [0.717, 1.165) is 45.0 Å². The Labute approximate surface area is 435 Å². The Balaban J connectivity index is 0.992. The largest absolute Gasteiger partial charge is 0.457 e. The molecule has 72 heavy (non-hydrogen) atoms. The Morgan fingerprint density at radius 3 is 1.78 bits per heavy atom. The van der Waals surface area contributed by atoms with Gasteiger partial charge in [-0.25, -0.2) is 4.98 Å². The molecule has 0 bridgehead atoms. The van der Waals surface area contributed by atoms with Crippen LogP contribution in [0.3, 0.4) is 0 Å². The molecule has 0 amide bonds. The number of fused-ring (bicyclic) bond motifs is 4. The van der Waals surface area contributed by atoms with E-state index in [4.69, 9.17) is 14.3 Å². The molecule has 2 aromatic heterocycles. The zero-order chi connectivity index (χ0) is 56.1. The van der Waals surface area contributed by atoms with Gasteiger partial charge < -0.3 is 14.5 Å². The first-order valence-electron chi connectivity index (χ1n) is 28.3. The van der Waals surface area contributed by atoms with Gasteiger partial charge in [0.05, 0.1) is 33.6 Å². The number of rotatable bonds is 8. The first-order valence-corrected chi connectivity index (χ1v) is 24.8. The van der Waals surface area contributed by atoms with Crippen molar-refractivity contribution in [2.45, 2.75) is 85.4 Å². The maximum absolute atomic E-state index is 9.01. The smallest absolute Gasteiger partial charge is 0.137 e. The van der Waals surface area contributed by atoms with E-state index >= 15 is 0 Å². The minimum absolute atomic E-state index is 0.00417. The van der Waals surface area contributed by atoms with Crippen molar-refractivity contribution in [3.05, 3.63) is 216 Å². The van der Waals surface area contributed by atoms with E-state index in [-0.39, 0.29) is 51.3 Å². The van der Waals surface area contributed by atoms with E-state index in [0.29, 0.717) is 34.5 Å². The molecular formula is C67H64N4O. The Bertz CT molecular complexity index is 3980. The molecule has 0 aliphatic carbocycles. The third-order valence-electron chi connectivity index (χ3n) is 14.0. The van der Waals surface area contributed by atoms with Gasteiger partial charge in [-0.3, -0.25) is 4.57 Å². The zero-order valence-corrected chi connectivity index (χ0v) is 42.6. The molecule has 3 heterocycles. The predicted molar refractivity (Wildman–Crippen MR) is 304 cm³/mol. The molecule has 0 radical (unpaired) electrons. The standard InChI is InChI=1S/C67H64N4O/c1-44-35-36-68-63(37-44)71-59-22-12-11-19-57(59)58-34-33-54(42-62(58)71)72-53-18-15-17-52(41-53)69-43-70(61-24-14-13-23-60(61)69)64-55(20-16-21-56(64)47-29-31-49(32-30-47)65(2,3)4)46-27-25-45(26-28-46)48-38-50(66(5,6)7)40-51(39-48)67(8,9)10/h11-42H,43H2,1-10H3/i1D3,11D,12D,19D,22D. The second kappa shape index (κ2) is 17.8. The summed E-state index contributed by atoms with van der Waals surface area (Å²) in [5.74, 6) is 1.21. The van der Waals surface area contributed by atoms with E-state index < -0.39 is 12.9 Å². The van der Waals surface area contributed by atoms with E-state index in [1.807, 2.05) is 18.2 Å². The SMILES string of the molecule is [2H]c1c([2H])c([2H])c2c(c1[2H])c1ccc(Oc3cccc(N4CN(c5c(-c6ccc(-c7cc(C(C)(C)C)cc(C(C)(C)C)c7)cc6)cccc5-c5ccc(C(C)(C)C)cc5)c5ccccc54)c3)cc1n2-c1cc(C([2H])([2H])[2H])ccn1. The second-order valence-electron chi connectivity index (χ2n) is 22.1. The molecule has 0 saturated heterocycles. The lowest BCUT2D eigenvalue weighted by Crippen LogP contribution is -2.25. The molecule has 0 fully saturated rings. The topological polar surface area (TPSA) is 33.5 Å². The van der Waals surface area contributed by atoms with E-state index in [9.17, 15) is 0 Å². The monoisotopic (exact) mass is 948 g/mol. The molecule has 1 aliphatic heterocycles. The van der Waals surface area contributed by atoms with Crippen molar-refractivity contribution >= 4 is 44.6 Å². The molecule has 5 nitrogen and oxygen atoms in total. The number of aromatic nitrogens is 2. The lowest BCUT2D eigenvalue weighted by Gasteiger charge is -2.28. The molecule has 0 unspecified atom stereocenters. The molecule has 8 aromatic carbocycles. The number of anilines is 4. The number of hydrogen-bond acceptors (Lipinski definition) is 4. The van der Waals surface area contributed by atoms with Gasteiger partial charge in [0, 0.05) is 50.0 Å². The summed E-state index contributed by atoms with van der Waals surface area (Å²) >= 11 is 0.